The highest BCUT2D eigenvalue weighted by Gasteiger charge is 2.16. The van der Waals surface area contributed by atoms with Crippen LogP contribution in [0.5, 0.6) is 11.5 Å². The monoisotopic (exact) mass is 279 g/mol. The number of fused-ring (bicyclic) bond motifs is 1. The molecule has 1 aromatic rings. The van der Waals surface area contributed by atoms with Gasteiger partial charge in [-0.15, -0.1) is 0 Å². The summed E-state index contributed by atoms with van der Waals surface area (Å²) in [7, 11) is 0. The number of benzene rings is 1. The smallest absolute Gasteiger partial charge is 0.321 e. The average molecular weight is 279 g/mol. The minimum Gasteiger partial charge on any atom is -0.489 e. The highest BCUT2D eigenvalue weighted by Crippen LogP contribution is 2.36. The van der Waals surface area contributed by atoms with Crippen LogP contribution in [0.3, 0.4) is 0 Å². The third-order valence-corrected chi connectivity index (χ3v) is 3.21. The van der Waals surface area contributed by atoms with E-state index >= 15 is 0 Å². The summed E-state index contributed by atoms with van der Waals surface area (Å²) in [5, 5.41) is 2.81. The number of nitrogens with one attached hydrogen (secondary N) is 1. The van der Waals surface area contributed by atoms with Gasteiger partial charge in [-0.1, -0.05) is 0 Å². The van der Waals surface area contributed by atoms with E-state index in [1.165, 1.54) is 0 Å². The van der Waals surface area contributed by atoms with Crippen molar-refractivity contribution >= 4 is 17.4 Å². The molecular formula is C14H21N3O3. The predicted octanol–water partition coefficient (Wildman–Crippen LogP) is 2.30. The number of anilines is 2. The number of hydrogen-bond acceptors (Lipinski definition) is 4. The van der Waals surface area contributed by atoms with E-state index in [1.54, 1.807) is 17.0 Å². The zero-order valence-corrected chi connectivity index (χ0v) is 11.9. The molecule has 6 heteroatoms. The van der Waals surface area contributed by atoms with Gasteiger partial charge in [-0.3, -0.25) is 0 Å². The third-order valence-electron chi connectivity index (χ3n) is 3.21. The molecule has 0 saturated carbocycles. The molecule has 0 fully saturated rings. The zero-order chi connectivity index (χ0) is 14.5. The highest BCUT2D eigenvalue weighted by atomic mass is 16.5. The standard InChI is InChI=1S/C14H21N3O3/c1-3-17(4-2)14(18)16-11-9-13-12(8-10(11)15)19-6-5-7-20-13/h8-9H,3-7,15H2,1-2H3,(H,16,18). The second kappa shape index (κ2) is 6.36. The molecule has 2 amide bonds. The lowest BCUT2D eigenvalue weighted by molar-refractivity contribution is 0.217. The van der Waals surface area contributed by atoms with Gasteiger partial charge in [0.05, 0.1) is 24.6 Å². The lowest BCUT2D eigenvalue weighted by Gasteiger charge is -2.20. The molecule has 20 heavy (non-hydrogen) atoms. The molecule has 1 aromatic carbocycles. The first-order chi connectivity index (χ1) is 9.65. The number of amides is 2. The Hall–Kier alpha value is -2.11. The molecule has 0 aromatic heterocycles. The lowest BCUT2D eigenvalue weighted by atomic mass is 10.2. The van der Waals surface area contributed by atoms with Crippen LogP contribution in [0.4, 0.5) is 16.2 Å². The molecule has 0 atom stereocenters. The summed E-state index contributed by atoms with van der Waals surface area (Å²) in [4.78, 5) is 13.7. The molecule has 6 nitrogen and oxygen atoms in total. The van der Waals surface area contributed by atoms with Crippen LogP contribution in [-0.2, 0) is 0 Å². The number of nitrogens with zero attached hydrogens (tertiary/aromatic N) is 1. The Balaban J connectivity index is 2.20. The molecule has 0 radical (unpaired) electrons. The maximum atomic E-state index is 12.1. The number of rotatable bonds is 3. The van der Waals surface area contributed by atoms with Gasteiger partial charge < -0.3 is 25.4 Å². The molecule has 0 saturated heterocycles. The summed E-state index contributed by atoms with van der Waals surface area (Å²) in [6.07, 6.45) is 0.829. The van der Waals surface area contributed by atoms with Gasteiger partial charge >= 0.3 is 6.03 Å². The van der Waals surface area contributed by atoms with Crippen LogP contribution in [0, 0.1) is 0 Å². The van der Waals surface area contributed by atoms with Crippen molar-refractivity contribution in [3.63, 3.8) is 0 Å². The number of nitrogen functional groups attached to an aromatic ring is 1. The second-order valence-corrected chi connectivity index (χ2v) is 4.54. The summed E-state index contributed by atoms with van der Waals surface area (Å²) < 4.78 is 11.1. The van der Waals surface area contributed by atoms with Crippen LogP contribution < -0.4 is 20.5 Å². The molecule has 0 bridgehead atoms. The van der Waals surface area contributed by atoms with Gasteiger partial charge in [-0.2, -0.15) is 0 Å². The molecule has 1 aliphatic heterocycles. The van der Waals surface area contributed by atoms with Crippen LogP contribution in [0.2, 0.25) is 0 Å². The van der Waals surface area contributed by atoms with Crippen molar-refractivity contribution in [1.82, 2.24) is 4.90 Å². The van der Waals surface area contributed by atoms with Gasteiger partial charge in [0, 0.05) is 31.6 Å². The van der Waals surface area contributed by atoms with Crippen LogP contribution in [0.25, 0.3) is 0 Å². The SMILES string of the molecule is CCN(CC)C(=O)Nc1cc2c(cc1N)OCCCO2. The van der Waals surface area contributed by atoms with Crippen molar-refractivity contribution in [1.29, 1.82) is 0 Å². The van der Waals surface area contributed by atoms with Crippen molar-refractivity contribution in [3.05, 3.63) is 12.1 Å². The van der Waals surface area contributed by atoms with E-state index in [9.17, 15) is 4.79 Å². The zero-order valence-electron chi connectivity index (χ0n) is 11.9. The molecule has 110 valence electrons. The van der Waals surface area contributed by atoms with Crippen molar-refractivity contribution in [2.24, 2.45) is 0 Å². The number of ether oxygens (including phenoxy) is 2. The first kappa shape index (κ1) is 14.3. The Morgan fingerprint density at radius 1 is 1.25 bits per heavy atom. The number of hydrogen-bond donors (Lipinski definition) is 2. The van der Waals surface area contributed by atoms with E-state index in [-0.39, 0.29) is 6.03 Å². The van der Waals surface area contributed by atoms with E-state index in [0.717, 1.165) is 6.42 Å². The first-order valence-electron chi connectivity index (χ1n) is 6.90. The Bertz CT molecular complexity index is 487. The normalized spacial score (nSPS) is 13.5. The van der Waals surface area contributed by atoms with Gasteiger partial charge in [0.15, 0.2) is 11.5 Å². The van der Waals surface area contributed by atoms with Crippen molar-refractivity contribution < 1.29 is 14.3 Å². The van der Waals surface area contributed by atoms with Crippen molar-refractivity contribution in [2.75, 3.05) is 37.4 Å². The quantitative estimate of drug-likeness (QED) is 0.832. The average Bonchev–Trinajstić information content (AvgIpc) is 2.65. The fourth-order valence-electron chi connectivity index (χ4n) is 2.04. The third kappa shape index (κ3) is 3.07. The maximum absolute atomic E-state index is 12.1. The molecule has 1 heterocycles. The van der Waals surface area contributed by atoms with Crippen LogP contribution in [0.15, 0.2) is 12.1 Å². The number of carbonyl (C=O) groups is 1. The Morgan fingerprint density at radius 3 is 2.45 bits per heavy atom. The molecular weight excluding hydrogens is 258 g/mol. The number of nitrogens with two attached hydrogens (primary N) is 1. The van der Waals surface area contributed by atoms with Gasteiger partial charge in [-0.05, 0) is 13.8 Å². The predicted molar refractivity (Wildman–Crippen MR) is 78.4 cm³/mol. The van der Waals surface area contributed by atoms with E-state index in [2.05, 4.69) is 5.32 Å². The van der Waals surface area contributed by atoms with Crippen LogP contribution in [0.1, 0.15) is 20.3 Å². The van der Waals surface area contributed by atoms with E-state index < -0.39 is 0 Å². The molecule has 1 aliphatic rings. The fourth-order valence-corrected chi connectivity index (χ4v) is 2.04. The Morgan fingerprint density at radius 2 is 1.85 bits per heavy atom. The van der Waals surface area contributed by atoms with E-state index in [1.807, 2.05) is 13.8 Å². The van der Waals surface area contributed by atoms with Gasteiger partial charge in [-0.25, -0.2) is 4.79 Å². The molecule has 0 unspecified atom stereocenters. The summed E-state index contributed by atoms with van der Waals surface area (Å²) in [6, 6.07) is 3.24. The maximum Gasteiger partial charge on any atom is 0.321 e. The minimum atomic E-state index is -0.170. The highest BCUT2D eigenvalue weighted by molar-refractivity contribution is 5.93. The van der Waals surface area contributed by atoms with Crippen molar-refractivity contribution in [3.8, 4) is 11.5 Å². The molecule has 0 aliphatic carbocycles. The molecule has 0 spiro atoms. The fraction of sp³-hybridized carbons (Fsp3) is 0.500. The molecule has 3 N–H and O–H groups in total. The first-order valence-corrected chi connectivity index (χ1v) is 6.90. The van der Waals surface area contributed by atoms with Gasteiger partial charge in [0.1, 0.15) is 0 Å². The van der Waals surface area contributed by atoms with Crippen LogP contribution >= 0.6 is 0 Å². The van der Waals surface area contributed by atoms with Gasteiger partial charge in [0.25, 0.3) is 0 Å². The lowest BCUT2D eigenvalue weighted by Crippen LogP contribution is -2.34. The van der Waals surface area contributed by atoms with Gasteiger partial charge in [0.2, 0.25) is 0 Å². The Labute approximate surface area is 118 Å². The largest absolute Gasteiger partial charge is 0.489 e. The van der Waals surface area contributed by atoms with Crippen molar-refractivity contribution in [2.45, 2.75) is 20.3 Å². The summed E-state index contributed by atoms with van der Waals surface area (Å²) in [5.41, 5.74) is 6.97. The minimum absolute atomic E-state index is 0.170. The number of carbonyl (C=O) groups excluding carboxylic acids is 1. The summed E-state index contributed by atoms with van der Waals surface area (Å²) in [6.45, 7) is 6.36. The Kier molecular flexibility index (Phi) is 4.55. The van der Waals surface area contributed by atoms with E-state index in [4.69, 9.17) is 15.2 Å². The summed E-state index contributed by atoms with van der Waals surface area (Å²) >= 11 is 0. The molecule has 2 rings (SSSR count). The topological polar surface area (TPSA) is 76.8 Å². The second-order valence-electron chi connectivity index (χ2n) is 4.54. The summed E-state index contributed by atoms with van der Waals surface area (Å²) in [5.74, 6) is 1.24. The number of urea groups is 1. The van der Waals surface area contributed by atoms with E-state index in [0.29, 0.717) is 49.2 Å². The van der Waals surface area contributed by atoms with Crippen LogP contribution in [-0.4, -0.2) is 37.2 Å².